The lowest BCUT2D eigenvalue weighted by atomic mass is 10.1. The van der Waals surface area contributed by atoms with E-state index in [0.717, 1.165) is 47.1 Å². The van der Waals surface area contributed by atoms with Crippen LogP contribution in [0.3, 0.4) is 0 Å². The maximum atomic E-state index is 12.8. The third-order valence-corrected chi connectivity index (χ3v) is 9.60. The summed E-state index contributed by atoms with van der Waals surface area (Å²) in [6.45, 7) is 19.0. The average molecular weight is 873 g/mol. The molecule has 0 spiro atoms. The summed E-state index contributed by atoms with van der Waals surface area (Å²) in [7, 11) is 0. The van der Waals surface area contributed by atoms with Crippen LogP contribution in [0.2, 0.25) is 0 Å². The molecule has 0 unspecified atom stereocenters. The van der Waals surface area contributed by atoms with Crippen molar-refractivity contribution in [2.75, 3.05) is 20.2 Å². The van der Waals surface area contributed by atoms with E-state index in [9.17, 15) is 14.4 Å². The molecule has 332 valence electrons. The van der Waals surface area contributed by atoms with Crippen LogP contribution in [0.25, 0.3) is 24.3 Å². The fourth-order valence-electron chi connectivity index (χ4n) is 5.86. The van der Waals surface area contributed by atoms with Gasteiger partial charge in [-0.2, -0.15) is 0 Å². The van der Waals surface area contributed by atoms with Crippen LogP contribution >= 0.6 is 0 Å². The Bertz CT molecular complexity index is 2540. The minimum absolute atomic E-state index is 0.0725. The van der Waals surface area contributed by atoms with E-state index in [1.165, 1.54) is 6.07 Å². The van der Waals surface area contributed by atoms with Crippen LogP contribution in [0, 0.1) is 6.92 Å². The molecule has 0 aliphatic heterocycles. The van der Waals surface area contributed by atoms with Gasteiger partial charge < -0.3 is 33.2 Å². The molecule has 0 bridgehead atoms. The molecule has 0 atom stereocenters. The second-order valence-electron chi connectivity index (χ2n) is 14.2. The van der Waals surface area contributed by atoms with Gasteiger partial charge >= 0.3 is 17.9 Å². The Hall–Kier alpha value is -8.11. The third kappa shape index (κ3) is 15.0. The lowest BCUT2D eigenvalue weighted by Gasteiger charge is -2.14. The Balaban J connectivity index is 0.000000250. The smallest absolute Gasteiger partial charge is 0.343 e. The van der Waals surface area contributed by atoms with Gasteiger partial charge in [0.2, 0.25) is 13.6 Å². The van der Waals surface area contributed by atoms with Crippen LogP contribution in [0.15, 0.2) is 160 Å². The summed E-state index contributed by atoms with van der Waals surface area (Å²) in [6, 6.07) is 38.5. The average Bonchev–Trinajstić information content (AvgIpc) is 3.34. The van der Waals surface area contributed by atoms with Crippen molar-refractivity contribution in [2.24, 2.45) is 0 Å². The number of benzene rings is 6. The van der Waals surface area contributed by atoms with Crippen LogP contribution in [0.4, 0.5) is 0 Å². The van der Waals surface area contributed by atoms with Gasteiger partial charge in [-0.25, -0.2) is 14.4 Å². The van der Waals surface area contributed by atoms with Gasteiger partial charge in [-0.1, -0.05) is 119 Å². The van der Waals surface area contributed by atoms with Crippen LogP contribution < -0.4 is 28.4 Å². The first kappa shape index (κ1) is 47.9. The Morgan fingerprint density at radius 2 is 0.862 bits per heavy atom. The van der Waals surface area contributed by atoms with E-state index in [0.29, 0.717) is 34.1 Å². The van der Waals surface area contributed by atoms with Gasteiger partial charge in [-0.05, 0) is 126 Å². The molecule has 0 radical (unpaired) electrons. The van der Waals surface area contributed by atoms with Gasteiger partial charge in [-0.3, -0.25) is 0 Å². The highest BCUT2D eigenvalue weighted by Crippen LogP contribution is 2.28. The summed E-state index contributed by atoms with van der Waals surface area (Å²) >= 11 is 0. The zero-order valence-corrected chi connectivity index (χ0v) is 36.7. The van der Waals surface area contributed by atoms with Gasteiger partial charge in [0, 0.05) is 0 Å². The largest absolute Gasteiger partial charge is 0.462 e. The third-order valence-electron chi connectivity index (χ3n) is 9.60. The monoisotopic (exact) mass is 872 g/mol. The number of unbranched alkanes of at least 4 members (excludes halogenated alkanes) is 2. The maximum Gasteiger partial charge on any atom is 0.343 e. The van der Waals surface area contributed by atoms with Crippen molar-refractivity contribution < 1.29 is 47.5 Å². The first-order valence-corrected chi connectivity index (χ1v) is 20.9. The van der Waals surface area contributed by atoms with E-state index in [-0.39, 0.29) is 37.3 Å². The van der Waals surface area contributed by atoms with Crippen LogP contribution in [-0.2, 0) is 4.74 Å². The van der Waals surface area contributed by atoms with E-state index < -0.39 is 17.9 Å². The normalized spacial score (nSPS) is 10.2. The number of aryl methyl sites for hydroxylation is 1. The SMILES string of the molecule is C=Cc1ccc(OCOc2ccc(OC(=O)c3ccc(C=C)cc3)cc2C(=O)OCCCCC)cc1.C=Cc1ccc(OCOc2ccc(OC(=O)c3ccc(C=C)cc3)cc2C)cc1. The summed E-state index contributed by atoms with van der Waals surface area (Å²) in [6.07, 6.45) is 9.65. The number of carbonyl (C=O) groups is 3. The fraction of sp³-hybridized carbons (Fsp3) is 0.145. The van der Waals surface area contributed by atoms with E-state index in [4.69, 9.17) is 33.2 Å². The molecule has 6 rings (SSSR count). The van der Waals surface area contributed by atoms with Gasteiger partial charge in [0.25, 0.3) is 0 Å². The van der Waals surface area contributed by atoms with Crippen molar-refractivity contribution in [2.45, 2.75) is 33.1 Å². The molecule has 65 heavy (non-hydrogen) atoms. The van der Waals surface area contributed by atoms with E-state index in [2.05, 4.69) is 33.2 Å². The molecule has 0 fully saturated rings. The molecule has 10 nitrogen and oxygen atoms in total. The summed E-state index contributed by atoms with van der Waals surface area (Å²) in [5.41, 5.74) is 5.66. The number of hydrogen-bond donors (Lipinski definition) is 0. The Kier molecular flexibility index (Phi) is 18.5. The van der Waals surface area contributed by atoms with Gasteiger partial charge in [0.1, 0.15) is 40.1 Å². The number of rotatable bonds is 21. The minimum Gasteiger partial charge on any atom is -0.462 e. The number of esters is 3. The highest BCUT2D eigenvalue weighted by Gasteiger charge is 2.18. The fourth-order valence-corrected chi connectivity index (χ4v) is 5.86. The van der Waals surface area contributed by atoms with Gasteiger partial charge in [0.15, 0.2) is 0 Å². The van der Waals surface area contributed by atoms with E-state index in [1.807, 2.05) is 55.5 Å². The number of ether oxygens (including phenoxy) is 7. The topological polar surface area (TPSA) is 116 Å². The molecule has 0 saturated carbocycles. The van der Waals surface area contributed by atoms with Crippen LogP contribution in [0.1, 0.15) is 85.1 Å². The number of carbonyl (C=O) groups excluding carboxylic acids is 3. The minimum atomic E-state index is -0.565. The van der Waals surface area contributed by atoms with Crippen molar-refractivity contribution in [1.29, 1.82) is 0 Å². The standard InChI is InChI=1S/C30H30O6.C25H22O4/c1-4-7-8-19-33-30(32)27-20-26(36-29(31)24-13-9-22(5-2)10-14-24)17-18-28(27)35-21-34-25-15-11-23(6-3)12-16-25;1-4-19-6-10-21(11-7-19)25(26)29-23-14-15-24(18(3)16-23)28-17-27-22-12-8-20(5-2)9-13-22/h5-6,9-18,20H,2-4,7-8,19,21H2,1H3;4-16H,1-2,17H2,3H3. The molecular formula is C55H52O10. The summed E-state index contributed by atoms with van der Waals surface area (Å²) in [4.78, 5) is 37.7. The molecule has 0 aliphatic carbocycles. The molecule has 0 aromatic heterocycles. The van der Waals surface area contributed by atoms with Gasteiger partial charge in [-0.15, -0.1) is 0 Å². The lowest BCUT2D eigenvalue weighted by molar-refractivity contribution is 0.0484. The zero-order chi connectivity index (χ0) is 46.4. The van der Waals surface area contributed by atoms with Crippen molar-refractivity contribution >= 4 is 42.2 Å². The van der Waals surface area contributed by atoms with Crippen molar-refractivity contribution in [1.82, 2.24) is 0 Å². The summed E-state index contributed by atoms with van der Waals surface area (Å²) in [5, 5.41) is 0. The quantitative estimate of drug-likeness (QED) is 0.0299. The molecule has 0 aliphatic rings. The molecular weight excluding hydrogens is 821 g/mol. The first-order valence-electron chi connectivity index (χ1n) is 20.9. The predicted octanol–water partition coefficient (Wildman–Crippen LogP) is 12.9. The second-order valence-corrected chi connectivity index (χ2v) is 14.2. The molecule has 0 amide bonds. The Morgan fingerprint density at radius 1 is 0.462 bits per heavy atom. The molecule has 0 heterocycles. The van der Waals surface area contributed by atoms with Crippen LogP contribution in [-0.4, -0.2) is 38.1 Å². The summed E-state index contributed by atoms with van der Waals surface area (Å²) < 4.78 is 39.0. The maximum absolute atomic E-state index is 12.8. The van der Waals surface area contributed by atoms with Crippen LogP contribution in [0.5, 0.6) is 34.5 Å². The highest BCUT2D eigenvalue weighted by atomic mass is 16.7. The highest BCUT2D eigenvalue weighted by molar-refractivity contribution is 5.95. The van der Waals surface area contributed by atoms with E-state index >= 15 is 0 Å². The van der Waals surface area contributed by atoms with E-state index in [1.54, 1.807) is 103 Å². The molecule has 6 aromatic carbocycles. The first-order chi connectivity index (χ1) is 31.6. The Morgan fingerprint density at radius 3 is 1.29 bits per heavy atom. The predicted molar refractivity (Wildman–Crippen MR) is 256 cm³/mol. The van der Waals surface area contributed by atoms with Crippen molar-refractivity contribution in [3.8, 4) is 34.5 Å². The van der Waals surface area contributed by atoms with Crippen molar-refractivity contribution in [3.63, 3.8) is 0 Å². The van der Waals surface area contributed by atoms with Crippen molar-refractivity contribution in [3.05, 3.63) is 204 Å². The molecule has 6 aromatic rings. The lowest BCUT2D eigenvalue weighted by Crippen LogP contribution is -2.13. The molecule has 10 heteroatoms. The zero-order valence-electron chi connectivity index (χ0n) is 36.7. The Labute approximate surface area is 380 Å². The second kappa shape index (κ2) is 25.1. The van der Waals surface area contributed by atoms with Gasteiger partial charge in [0.05, 0.1) is 17.7 Å². The molecule has 0 saturated heterocycles. The number of hydrogen-bond acceptors (Lipinski definition) is 10. The summed E-state index contributed by atoms with van der Waals surface area (Å²) in [5.74, 6) is 1.35. The molecule has 0 N–H and O–H groups in total.